The van der Waals surface area contributed by atoms with Crippen LogP contribution in [0.1, 0.15) is 0 Å². The number of para-hydroxylation sites is 4. The fourth-order valence-corrected chi connectivity index (χ4v) is 2.01. The molecular weight excluding hydrogens is 224 g/mol. The van der Waals surface area contributed by atoms with E-state index in [1.165, 1.54) is 0 Å². The Morgan fingerprint density at radius 3 is 1.50 bits per heavy atom. The summed E-state index contributed by atoms with van der Waals surface area (Å²) >= 11 is 0. The van der Waals surface area contributed by atoms with Crippen LogP contribution in [0.2, 0.25) is 0 Å². The van der Waals surface area contributed by atoms with E-state index in [0.29, 0.717) is 11.6 Å². The summed E-state index contributed by atoms with van der Waals surface area (Å²) in [4.78, 5) is 17.8. The van der Waals surface area contributed by atoms with Gasteiger partial charge in [-0.05, 0) is 22.1 Å². The van der Waals surface area contributed by atoms with Gasteiger partial charge in [0.1, 0.15) is 0 Å². The highest BCUT2D eigenvalue weighted by Crippen LogP contribution is 2.19. The van der Waals surface area contributed by atoms with Crippen LogP contribution in [0.15, 0.2) is 48.5 Å². The zero-order valence-corrected chi connectivity index (χ0v) is 9.41. The topological polar surface area (TPSA) is 54.0 Å². The number of rotatable bonds is 1. The molecule has 0 atom stereocenters. The van der Waals surface area contributed by atoms with Crippen LogP contribution < -0.4 is 9.97 Å². The van der Waals surface area contributed by atoms with Gasteiger partial charge in [-0.15, -0.1) is 0 Å². The van der Waals surface area contributed by atoms with Gasteiger partial charge >= 0.3 is 0 Å². The van der Waals surface area contributed by atoms with Crippen LogP contribution in [0.3, 0.4) is 0 Å². The SMILES string of the molecule is c1ccc2[n-]c(-c3nc4ccccc4[n-]3)nc2c1. The number of imidazole rings is 2. The molecule has 4 heteroatoms. The standard InChI is InChI=1S/C14H8N4/c1-2-6-10-9(5-1)15-13(16-10)14-17-11-7-3-4-8-12(11)18-14/h1-8H/q-2. The van der Waals surface area contributed by atoms with Gasteiger partial charge in [-0.1, -0.05) is 60.2 Å². The van der Waals surface area contributed by atoms with Gasteiger partial charge in [-0.2, -0.15) is 0 Å². The Morgan fingerprint density at radius 1 is 0.611 bits per heavy atom. The second kappa shape index (κ2) is 3.43. The maximum atomic E-state index is 4.44. The van der Waals surface area contributed by atoms with Crippen LogP contribution in [0, 0.1) is 0 Å². The van der Waals surface area contributed by atoms with Gasteiger partial charge in [-0.3, -0.25) is 0 Å². The zero-order chi connectivity index (χ0) is 11.9. The first-order chi connectivity index (χ1) is 8.90. The van der Waals surface area contributed by atoms with Crippen molar-refractivity contribution in [3.8, 4) is 11.6 Å². The monoisotopic (exact) mass is 232 g/mol. The largest absolute Gasteiger partial charge is 0.436 e. The lowest BCUT2D eigenvalue weighted by Gasteiger charge is -2.05. The number of benzene rings is 2. The summed E-state index contributed by atoms with van der Waals surface area (Å²) in [6, 6.07) is 15.5. The van der Waals surface area contributed by atoms with Crippen molar-refractivity contribution in [1.82, 2.24) is 19.9 Å². The van der Waals surface area contributed by atoms with Gasteiger partial charge < -0.3 is 19.9 Å². The molecular formula is C14H8N4-2. The van der Waals surface area contributed by atoms with Crippen molar-refractivity contribution in [2.45, 2.75) is 0 Å². The molecule has 0 bridgehead atoms. The van der Waals surface area contributed by atoms with E-state index >= 15 is 0 Å². The first-order valence-electron chi connectivity index (χ1n) is 5.69. The Bertz CT molecular complexity index is 703. The molecule has 0 unspecified atom stereocenters. The molecule has 0 aliphatic carbocycles. The Morgan fingerprint density at radius 2 is 1.06 bits per heavy atom. The fourth-order valence-electron chi connectivity index (χ4n) is 2.01. The zero-order valence-electron chi connectivity index (χ0n) is 9.41. The van der Waals surface area contributed by atoms with E-state index in [0.717, 1.165) is 22.1 Å². The van der Waals surface area contributed by atoms with E-state index in [4.69, 9.17) is 0 Å². The molecule has 4 rings (SSSR count). The molecule has 0 saturated carbocycles. The summed E-state index contributed by atoms with van der Waals surface area (Å²) in [5.74, 6) is 1.18. The van der Waals surface area contributed by atoms with Crippen molar-refractivity contribution in [3.05, 3.63) is 48.5 Å². The summed E-state index contributed by atoms with van der Waals surface area (Å²) in [6.07, 6.45) is 0. The number of hydrogen-bond donors (Lipinski definition) is 0. The maximum absolute atomic E-state index is 4.44. The minimum absolute atomic E-state index is 0.590. The predicted octanol–water partition coefficient (Wildman–Crippen LogP) is 2.36. The molecule has 4 nitrogen and oxygen atoms in total. The van der Waals surface area contributed by atoms with E-state index in [1.807, 2.05) is 48.5 Å². The third-order valence-corrected chi connectivity index (χ3v) is 2.87. The van der Waals surface area contributed by atoms with E-state index < -0.39 is 0 Å². The lowest BCUT2D eigenvalue weighted by molar-refractivity contribution is 1.20. The molecule has 2 aromatic carbocycles. The lowest BCUT2D eigenvalue weighted by Crippen LogP contribution is -1.85. The number of aromatic nitrogens is 4. The van der Waals surface area contributed by atoms with Crippen molar-refractivity contribution >= 4 is 22.1 Å². The number of nitrogens with zero attached hydrogens (tertiary/aromatic N) is 4. The third kappa shape index (κ3) is 1.32. The van der Waals surface area contributed by atoms with Crippen molar-refractivity contribution in [1.29, 1.82) is 0 Å². The van der Waals surface area contributed by atoms with Gasteiger partial charge in [0.25, 0.3) is 0 Å². The van der Waals surface area contributed by atoms with Crippen LogP contribution in [0.5, 0.6) is 0 Å². The lowest BCUT2D eigenvalue weighted by atomic mass is 10.3. The molecule has 2 aromatic heterocycles. The van der Waals surface area contributed by atoms with Gasteiger partial charge in [-0.25, -0.2) is 0 Å². The van der Waals surface area contributed by atoms with Crippen LogP contribution in [-0.4, -0.2) is 9.97 Å². The van der Waals surface area contributed by atoms with E-state index in [1.54, 1.807) is 0 Å². The van der Waals surface area contributed by atoms with Crippen LogP contribution in [0.25, 0.3) is 33.7 Å². The summed E-state index contributed by atoms with van der Waals surface area (Å²) in [6.45, 7) is 0. The first-order valence-corrected chi connectivity index (χ1v) is 5.69. The normalized spacial score (nSPS) is 11.3. The van der Waals surface area contributed by atoms with Gasteiger partial charge in [0.2, 0.25) is 0 Å². The van der Waals surface area contributed by atoms with Crippen molar-refractivity contribution in [2.24, 2.45) is 0 Å². The first kappa shape index (κ1) is 9.41. The Hall–Kier alpha value is -2.62. The average Bonchev–Trinajstić information content (AvgIpc) is 3.02. The van der Waals surface area contributed by atoms with Gasteiger partial charge in [0.05, 0.1) is 0 Å². The minimum Gasteiger partial charge on any atom is -0.436 e. The smallest absolute Gasteiger partial charge is 0.0382 e. The van der Waals surface area contributed by atoms with E-state index in [2.05, 4.69) is 19.9 Å². The third-order valence-electron chi connectivity index (χ3n) is 2.87. The highest BCUT2D eigenvalue weighted by atomic mass is 15.0. The molecule has 0 saturated heterocycles. The van der Waals surface area contributed by atoms with Crippen molar-refractivity contribution in [3.63, 3.8) is 0 Å². The second-order valence-electron chi connectivity index (χ2n) is 4.07. The molecule has 4 aromatic rings. The van der Waals surface area contributed by atoms with Gasteiger partial charge in [0.15, 0.2) is 0 Å². The van der Waals surface area contributed by atoms with E-state index in [9.17, 15) is 0 Å². The summed E-state index contributed by atoms with van der Waals surface area (Å²) in [5.41, 5.74) is 3.51. The summed E-state index contributed by atoms with van der Waals surface area (Å²) < 4.78 is 0. The molecule has 0 aliphatic rings. The Kier molecular flexibility index (Phi) is 1.80. The van der Waals surface area contributed by atoms with Crippen molar-refractivity contribution in [2.75, 3.05) is 0 Å². The maximum Gasteiger partial charge on any atom is -0.0382 e. The van der Waals surface area contributed by atoms with Crippen LogP contribution in [0.4, 0.5) is 0 Å². The molecule has 0 N–H and O–H groups in total. The Labute approximate surface area is 103 Å². The van der Waals surface area contributed by atoms with E-state index in [-0.39, 0.29) is 0 Å². The summed E-state index contributed by atoms with van der Waals surface area (Å²) in [5, 5.41) is 0. The molecule has 0 fully saturated rings. The number of fused-ring (bicyclic) bond motifs is 2. The molecule has 0 radical (unpaired) electrons. The Balaban J connectivity index is 1.95. The highest BCUT2D eigenvalue weighted by molar-refractivity contribution is 5.81. The molecule has 0 spiro atoms. The average molecular weight is 232 g/mol. The molecule has 0 aliphatic heterocycles. The van der Waals surface area contributed by atoms with Crippen LogP contribution in [-0.2, 0) is 0 Å². The van der Waals surface area contributed by atoms with Crippen molar-refractivity contribution < 1.29 is 0 Å². The molecule has 86 valence electrons. The predicted molar refractivity (Wildman–Crippen MR) is 69.1 cm³/mol. The highest BCUT2D eigenvalue weighted by Gasteiger charge is 1.93. The minimum atomic E-state index is 0.590. The summed E-state index contributed by atoms with van der Waals surface area (Å²) in [7, 11) is 0. The quantitative estimate of drug-likeness (QED) is 0.505. The second-order valence-corrected chi connectivity index (χ2v) is 4.07. The number of hydrogen-bond acceptors (Lipinski definition) is 2. The molecule has 18 heavy (non-hydrogen) atoms. The molecule has 0 amide bonds. The van der Waals surface area contributed by atoms with Crippen LogP contribution >= 0.6 is 0 Å². The molecule has 2 heterocycles. The van der Waals surface area contributed by atoms with Gasteiger partial charge in [0, 0.05) is 0 Å². The fraction of sp³-hybridized carbons (Fsp3) is 0.